The van der Waals surface area contributed by atoms with Crippen molar-refractivity contribution in [3.05, 3.63) is 71.8 Å². The minimum absolute atomic E-state index is 0.510. The van der Waals surface area contributed by atoms with Gasteiger partial charge in [-0.05, 0) is 24.0 Å². The molecule has 0 spiro atoms. The Hall–Kier alpha value is -2.42. The van der Waals surface area contributed by atoms with Gasteiger partial charge in [-0.25, -0.2) is 4.79 Å². The van der Waals surface area contributed by atoms with Crippen molar-refractivity contribution in [3.63, 3.8) is 0 Å². The summed E-state index contributed by atoms with van der Waals surface area (Å²) in [5.74, 6) is -0.880. The molecule has 0 saturated heterocycles. The highest BCUT2D eigenvalue weighted by atomic mass is 16.4. The third kappa shape index (κ3) is 2.01. The summed E-state index contributed by atoms with van der Waals surface area (Å²) in [6.07, 6.45) is 1.20. The van der Waals surface area contributed by atoms with E-state index in [4.69, 9.17) is 0 Å². The second-order valence-electron chi connectivity index (χ2n) is 4.96. The lowest BCUT2D eigenvalue weighted by Crippen LogP contribution is -2.31. The van der Waals surface area contributed by atoms with Crippen LogP contribution in [0.1, 0.15) is 24.0 Å². The molecular formula is C17H15NO2. The molecule has 0 bridgehead atoms. The van der Waals surface area contributed by atoms with E-state index in [0.29, 0.717) is 12.8 Å². The molecule has 0 amide bonds. The Balaban J connectivity index is 2.07. The van der Waals surface area contributed by atoms with Crippen LogP contribution >= 0.6 is 0 Å². The number of carboxylic acid groups (broad SMARTS) is 1. The van der Waals surface area contributed by atoms with Crippen LogP contribution in [0.25, 0.3) is 0 Å². The van der Waals surface area contributed by atoms with Crippen LogP contribution < -0.4 is 0 Å². The SMILES string of the molecule is O=C(O)C1(c2ccccc2)CCC(c2ccccc2)=N1. The first kappa shape index (κ1) is 12.6. The van der Waals surface area contributed by atoms with Crippen LogP contribution in [-0.2, 0) is 10.3 Å². The molecule has 0 fully saturated rings. The molecule has 1 atom stereocenters. The predicted molar refractivity (Wildman–Crippen MR) is 78.0 cm³/mol. The van der Waals surface area contributed by atoms with Crippen molar-refractivity contribution in [3.8, 4) is 0 Å². The number of benzene rings is 2. The first-order valence-corrected chi connectivity index (χ1v) is 6.65. The highest BCUT2D eigenvalue weighted by Gasteiger charge is 2.44. The van der Waals surface area contributed by atoms with Gasteiger partial charge >= 0.3 is 5.97 Å². The van der Waals surface area contributed by atoms with Gasteiger partial charge < -0.3 is 5.11 Å². The van der Waals surface area contributed by atoms with Gasteiger partial charge in [0.15, 0.2) is 5.54 Å². The highest BCUT2D eigenvalue weighted by Crippen LogP contribution is 2.38. The van der Waals surface area contributed by atoms with Crippen LogP contribution in [0.4, 0.5) is 0 Å². The normalized spacial score (nSPS) is 21.5. The van der Waals surface area contributed by atoms with Gasteiger partial charge in [0.2, 0.25) is 0 Å². The van der Waals surface area contributed by atoms with E-state index in [0.717, 1.165) is 16.8 Å². The van der Waals surface area contributed by atoms with E-state index in [1.165, 1.54) is 0 Å². The molecule has 0 saturated carbocycles. The van der Waals surface area contributed by atoms with Crippen LogP contribution in [0.15, 0.2) is 65.7 Å². The van der Waals surface area contributed by atoms with Gasteiger partial charge in [-0.2, -0.15) is 0 Å². The van der Waals surface area contributed by atoms with E-state index in [9.17, 15) is 9.90 Å². The number of aliphatic carboxylic acids is 1. The first-order valence-electron chi connectivity index (χ1n) is 6.65. The monoisotopic (exact) mass is 265 g/mol. The Kier molecular flexibility index (Phi) is 3.11. The predicted octanol–water partition coefficient (Wildman–Crippen LogP) is 3.25. The number of hydrogen-bond donors (Lipinski definition) is 1. The van der Waals surface area contributed by atoms with Crippen LogP contribution in [0.2, 0.25) is 0 Å². The first-order chi connectivity index (χ1) is 9.72. The van der Waals surface area contributed by atoms with Crippen molar-refractivity contribution in [1.82, 2.24) is 0 Å². The smallest absolute Gasteiger partial charge is 0.336 e. The summed E-state index contributed by atoms with van der Waals surface area (Å²) in [6, 6.07) is 19.1. The summed E-state index contributed by atoms with van der Waals surface area (Å²) < 4.78 is 0. The standard InChI is InChI=1S/C17H15NO2/c19-16(20)17(14-9-5-2-6-10-14)12-11-15(18-17)13-7-3-1-4-8-13/h1-10H,11-12H2,(H,19,20). The average molecular weight is 265 g/mol. The summed E-state index contributed by atoms with van der Waals surface area (Å²) in [5, 5.41) is 9.67. The van der Waals surface area contributed by atoms with E-state index in [1.807, 2.05) is 60.7 Å². The lowest BCUT2D eigenvalue weighted by Gasteiger charge is -2.21. The summed E-state index contributed by atoms with van der Waals surface area (Å²) >= 11 is 0. The third-order valence-electron chi connectivity index (χ3n) is 3.76. The Labute approximate surface area is 117 Å². The Bertz CT molecular complexity index is 649. The molecule has 0 aliphatic carbocycles. The van der Waals surface area contributed by atoms with Crippen LogP contribution in [0.3, 0.4) is 0 Å². The molecule has 1 heterocycles. The van der Waals surface area contributed by atoms with E-state index < -0.39 is 11.5 Å². The van der Waals surface area contributed by atoms with Crippen molar-refractivity contribution in [2.75, 3.05) is 0 Å². The van der Waals surface area contributed by atoms with Gasteiger partial charge in [-0.1, -0.05) is 60.7 Å². The highest BCUT2D eigenvalue weighted by molar-refractivity contribution is 6.04. The zero-order valence-corrected chi connectivity index (χ0v) is 11.0. The molecule has 1 unspecified atom stereocenters. The van der Waals surface area contributed by atoms with E-state index >= 15 is 0 Å². The van der Waals surface area contributed by atoms with E-state index in [1.54, 1.807) is 0 Å². The van der Waals surface area contributed by atoms with Gasteiger partial charge in [0.1, 0.15) is 0 Å². The van der Waals surface area contributed by atoms with Crippen molar-refractivity contribution < 1.29 is 9.90 Å². The maximum absolute atomic E-state index is 11.8. The molecule has 3 heteroatoms. The summed E-state index contributed by atoms with van der Waals surface area (Å²) in [6.45, 7) is 0. The topological polar surface area (TPSA) is 49.7 Å². The molecule has 100 valence electrons. The van der Waals surface area contributed by atoms with Crippen molar-refractivity contribution in [1.29, 1.82) is 0 Å². The number of nitrogens with zero attached hydrogens (tertiary/aromatic N) is 1. The number of carboxylic acids is 1. The van der Waals surface area contributed by atoms with Gasteiger partial charge in [0, 0.05) is 5.71 Å². The van der Waals surface area contributed by atoms with Gasteiger partial charge in [0.05, 0.1) is 0 Å². The molecule has 2 aromatic carbocycles. The summed E-state index contributed by atoms with van der Waals surface area (Å²) in [7, 11) is 0. The zero-order chi connectivity index (χ0) is 14.0. The Morgan fingerprint density at radius 1 is 1.00 bits per heavy atom. The van der Waals surface area contributed by atoms with Crippen molar-refractivity contribution >= 4 is 11.7 Å². The van der Waals surface area contributed by atoms with Gasteiger partial charge in [0.25, 0.3) is 0 Å². The van der Waals surface area contributed by atoms with Crippen LogP contribution in [0, 0.1) is 0 Å². The largest absolute Gasteiger partial charge is 0.479 e. The molecule has 1 aliphatic heterocycles. The molecule has 1 N–H and O–H groups in total. The maximum atomic E-state index is 11.8. The molecule has 3 nitrogen and oxygen atoms in total. The zero-order valence-electron chi connectivity index (χ0n) is 11.0. The fourth-order valence-corrected chi connectivity index (χ4v) is 2.68. The van der Waals surface area contributed by atoms with Crippen molar-refractivity contribution in [2.24, 2.45) is 4.99 Å². The van der Waals surface area contributed by atoms with Crippen molar-refractivity contribution in [2.45, 2.75) is 18.4 Å². The number of aliphatic imine (C=N–C) groups is 1. The molecule has 3 rings (SSSR count). The van der Waals surface area contributed by atoms with Gasteiger partial charge in [-0.15, -0.1) is 0 Å². The van der Waals surface area contributed by atoms with Crippen LogP contribution in [-0.4, -0.2) is 16.8 Å². The molecular weight excluding hydrogens is 250 g/mol. The summed E-state index contributed by atoms with van der Waals surface area (Å²) in [4.78, 5) is 16.4. The minimum Gasteiger partial charge on any atom is -0.479 e. The average Bonchev–Trinajstić information content (AvgIpc) is 2.96. The van der Waals surface area contributed by atoms with Gasteiger partial charge in [-0.3, -0.25) is 4.99 Å². The maximum Gasteiger partial charge on any atom is 0.336 e. The molecule has 1 aliphatic rings. The Morgan fingerprint density at radius 2 is 1.60 bits per heavy atom. The fraction of sp³-hybridized carbons (Fsp3) is 0.176. The van der Waals surface area contributed by atoms with E-state index in [-0.39, 0.29) is 0 Å². The fourth-order valence-electron chi connectivity index (χ4n) is 2.68. The third-order valence-corrected chi connectivity index (χ3v) is 3.76. The molecule has 0 aromatic heterocycles. The lowest BCUT2D eigenvalue weighted by atomic mass is 9.88. The molecule has 0 radical (unpaired) electrons. The number of hydrogen-bond acceptors (Lipinski definition) is 2. The number of carbonyl (C=O) groups is 1. The minimum atomic E-state index is -1.13. The lowest BCUT2D eigenvalue weighted by molar-refractivity contribution is -0.143. The second-order valence-corrected chi connectivity index (χ2v) is 4.96. The second kappa shape index (κ2) is 4.93. The number of rotatable bonds is 3. The quantitative estimate of drug-likeness (QED) is 0.926. The Morgan fingerprint density at radius 3 is 2.20 bits per heavy atom. The molecule has 20 heavy (non-hydrogen) atoms. The molecule has 2 aromatic rings. The van der Waals surface area contributed by atoms with Crippen LogP contribution in [0.5, 0.6) is 0 Å². The summed E-state index contributed by atoms with van der Waals surface area (Å²) in [5.41, 5.74) is 1.49. The van der Waals surface area contributed by atoms with E-state index in [2.05, 4.69) is 4.99 Å².